The van der Waals surface area contributed by atoms with Crippen molar-refractivity contribution in [2.45, 2.75) is 13.0 Å². The van der Waals surface area contributed by atoms with Gasteiger partial charge in [-0.05, 0) is 43.3 Å². The van der Waals surface area contributed by atoms with E-state index in [0.717, 1.165) is 16.2 Å². The van der Waals surface area contributed by atoms with Crippen molar-refractivity contribution in [1.82, 2.24) is 9.97 Å². The van der Waals surface area contributed by atoms with Crippen LogP contribution in [0.3, 0.4) is 0 Å². The van der Waals surface area contributed by atoms with Crippen LogP contribution in [0.4, 0.5) is 10.8 Å². The molecule has 5 rings (SSSR count). The number of amides is 1. The molecule has 1 aliphatic heterocycles. The minimum Gasteiger partial charge on any atom is -0.507 e. The van der Waals surface area contributed by atoms with Crippen molar-refractivity contribution >= 4 is 61.4 Å². The van der Waals surface area contributed by atoms with E-state index in [1.165, 1.54) is 42.6 Å². The maximum atomic E-state index is 13.3. The Labute approximate surface area is 218 Å². The number of hydrogen-bond acceptors (Lipinski definition) is 9. The van der Waals surface area contributed by atoms with Crippen molar-refractivity contribution in [2.24, 2.45) is 0 Å². The number of aliphatic hydroxyl groups is 1. The highest BCUT2D eigenvalue weighted by atomic mass is 35.5. The molecule has 186 valence electrons. The van der Waals surface area contributed by atoms with Gasteiger partial charge in [0.15, 0.2) is 5.13 Å². The smallest absolute Gasteiger partial charge is 0.301 e. The second kappa shape index (κ2) is 9.60. The van der Waals surface area contributed by atoms with Gasteiger partial charge in [0, 0.05) is 23.9 Å². The normalized spacial score (nSPS) is 16.9. The van der Waals surface area contributed by atoms with Gasteiger partial charge in [-0.15, -0.1) is 0 Å². The van der Waals surface area contributed by atoms with Crippen molar-refractivity contribution in [3.63, 3.8) is 0 Å². The number of halogens is 1. The Morgan fingerprint density at radius 2 is 2.03 bits per heavy atom. The van der Waals surface area contributed by atoms with E-state index in [1.54, 1.807) is 25.1 Å². The van der Waals surface area contributed by atoms with E-state index in [9.17, 15) is 24.8 Å². The van der Waals surface area contributed by atoms with Crippen LogP contribution in [0, 0.1) is 10.1 Å². The van der Waals surface area contributed by atoms with Crippen LogP contribution in [0.25, 0.3) is 16.0 Å². The molecule has 37 heavy (non-hydrogen) atoms. The lowest BCUT2D eigenvalue weighted by molar-refractivity contribution is -0.384. The highest BCUT2D eigenvalue weighted by Gasteiger charge is 2.49. The van der Waals surface area contributed by atoms with E-state index >= 15 is 0 Å². The van der Waals surface area contributed by atoms with E-state index in [-0.39, 0.29) is 22.0 Å². The number of benzene rings is 2. The van der Waals surface area contributed by atoms with E-state index < -0.39 is 28.4 Å². The Morgan fingerprint density at radius 1 is 1.22 bits per heavy atom. The zero-order valence-electron chi connectivity index (χ0n) is 19.1. The van der Waals surface area contributed by atoms with Gasteiger partial charge in [0.1, 0.15) is 17.6 Å². The van der Waals surface area contributed by atoms with Gasteiger partial charge in [-0.3, -0.25) is 29.6 Å². The molecule has 1 atom stereocenters. The molecule has 2 aromatic heterocycles. The Kier molecular flexibility index (Phi) is 6.32. The summed E-state index contributed by atoms with van der Waals surface area (Å²) >= 11 is 7.20. The molecule has 0 radical (unpaired) electrons. The minimum absolute atomic E-state index is 0.126. The average Bonchev–Trinajstić information content (AvgIpc) is 3.43. The number of nitrogens with zero attached hydrogens (tertiary/aromatic N) is 4. The lowest BCUT2D eigenvalue weighted by Gasteiger charge is -2.22. The first kappa shape index (κ1) is 24.3. The summed E-state index contributed by atoms with van der Waals surface area (Å²) in [6.07, 6.45) is 1.51. The molecule has 1 saturated heterocycles. The Morgan fingerprint density at radius 3 is 2.73 bits per heavy atom. The predicted molar refractivity (Wildman–Crippen MR) is 138 cm³/mol. The molecule has 0 bridgehead atoms. The summed E-state index contributed by atoms with van der Waals surface area (Å²) in [5.41, 5.74) is 0.670. The largest absolute Gasteiger partial charge is 0.507 e. The van der Waals surface area contributed by atoms with Crippen LogP contribution in [-0.2, 0) is 9.59 Å². The molecule has 3 heterocycles. The Balaban J connectivity index is 1.69. The van der Waals surface area contributed by atoms with Crippen LogP contribution < -0.4 is 9.64 Å². The van der Waals surface area contributed by atoms with Gasteiger partial charge in [0.2, 0.25) is 0 Å². The van der Waals surface area contributed by atoms with Gasteiger partial charge >= 0.3 is 5.91 Å². The molecule has 1 unspecified atom stereocenters. The molecule has 0 spiro atoms. The number of pyridine rings is 1. The van der Waals surface area contributed by atoms with Crippen LogP contribution in [0.1, 0.15) is 24.2 Å². The standard InChI is InChI=1S/C25H17ClN4O6S/c1-2-36-18-11-13(6-8-15(18)26)22(31)20-21(17-5-3-4-10-27-17)29(24(33)23(20)32)25-28-16-9-7-14(30(34)35)12-19(16)37-25/h3-12,21,31H,2H2,1H3/b22-20+. The summed E-state index contributed by atoms with van der Waals surface area (Å²) < 4.78 is 5.97. The first-order chi connectivity index (χ1) is 17.8. The van der Waals surface area contributed by atoms with Crippen molar-refractivity contribution in [1.29, 1.82) is 0 Å². The number of rotatable bonds is 6. The number of ketones is 1. The summed E-state index contributed by atoms with van der Waals surface area (Å²) in [5, 5.41) is 22.9. The van der Waals surface area contributed by atoms with Crippen LogP contribution in [-0.4, -0.2) is 38.3 Å². The number of hydrogen-bond donors (Lipinski definition) is 1. The fourth-order valence-corrected chi connectivity index (χ4v) is 5.23. The number of Topliss-reactive ketones (excluding diaryl/α,β-unsaturated/α-hetero) is 1. The molecule has 1 fully saturated rings. The second-order valence-corrected chi connectivity index (χ2v) is 9.32. The van der Waals surface area contributed by atoms with Crippen molar-refractivity contribution in [2.75, 3.05) is 11.5 Å². The molecule has 1 aliphatic rings. The van der Waals surface area contributed by atoms with Crippen molar-refractivity contribution < 1.29 is 24.4 Å². The number of thiazole rings is 1. The fraction of sp³-hybridized carbons (Fsp3) is 0.120. The van der Waals surface area contributed by atoms with Crippen LogP contribution in [0.15, 0.2) is 66.4 Å². The quantitative estimate of drug-likeness (QED) is 0.116. The number of aromatic nitrogens is 2. The third kappa shape index (κ3) is 4.28. The molecule has 12 heteroatoms. The first-order valence-electron chi connectivity index (χ1n) is 11.0. The summed E-state index contributed by atoms with van der Waals surface area (Å²) in [6.45, 7) is 2.11. The van der Waals surface area contributed by atoms with Gasteiger partial charge in [-0.2, -0.15) is 0 Å². The summed E-state index contributed by atoms with van der Waals surface area (Å²) in [7, 11) is 0. The minimum atomic E-state index is -1.09. The zero-order valence-corrected chi connectivity index (χ0v) is 20.7. The molecule has 0 aliphatic carbocycles. The number of aliphatic hydroxyl groups excluding tert-OH is 1. The third-order valence-corrected chi connectivity index (χ3v) is 7.02. The van der Waals surface area contributed by atoms with Gasteiger partial charge in [-0.1, -0.05) is 29.0 Å². The highest BCUT2D eigenvalue weighted by molar-refractivity contribution is 7.22. The SMILES string of the molecule is CCOc1cc(/C(O)=C2\C(=O)C(=O)N(c3nc4ccc([N+](=O)[O-])cc4s3)C2c2ccccn2)ccc1Cl. The van der Waals surface area contributed by atoms with E-state index in [1.807, 2.05) is 0 Å². The van der Waals surface area contributed by atoms with Gasteiger partial charge in [0.25, 0.3) is 11.5 Å². The second-order valence-electron chi connectivity index (χ2n) is 7.91. The topological polar surface area (TPSA) is 136 Å². The van der Waals surface area contributed by atoms with Crippen molar-refractivity contribution in [3.05, 3.63) is 92.8 Å². The van der Waals surface area contributed by atoms with E-state index in [2.05, 4.69) is 9.97 Å². The van der Waals surface area contributed by atoms with Crippen LogP contribution in [0.5, 0.6) is 5.75 Å². The number of carbonyl (C=O) groups is 2. The molecule has 4 aromatic rings. The monoisotopic (exact) mass is 536 g/mol. The number of ether oxygens (including phenoxy) is 1. The molecule has 2 aromatic carbocycles. The summed E-state index contributed by atoms with van der Waals surface area (Å²) in [6, 6.07) is 12.6. The van der Waals surface area contributed by atoms with Crippen LogP contribution >= 0.6 is 22.9 Å². The number of carbonyl (C=O) groups excluding carboxylic acids is 2. The Hall–Kier alpha value is -4.35. The van der Waals surface area contributed by atoms with E-state index in [0.29, 0.717) is 33.3 Å². The summed E-state index contributed by atoms with van der Waals surface area (Å²) in [4.78, 5) is 47.3. The Bertz CT molecular complexity index is 1600. The maximum absolute atomic E-state index is 13.3. The maximum Gasteiger partial charge on any atom is 0.301 e. The molecule has 0 saturated carbocycles. The molecule has 1 N–H and O–H groups in total. The summed E-state index contributed by atoms with van der Waals surface area (Å²) in [5.74, 6) is -1.95. The number of fused-ring (bicyclic) bond motifs is 1. The lowest BCUT2D eigenvalue weighted by atomic mass is 9.98. The predicted octanol–water partition coefficient (Wildman–Crippen LogP) is 5.28. The number of non-ortho nitro benzene ring substituents is 1. The zero-order chi connectivity index (χ0) is 26.3. The average molecular weight is 537 g/mol. The van der Waals surface area contributed by atoms with Gasteiger partial charge < -0.3 is 9.84 Å². The van der Waals surface area contributed by atoms with Gasteiger partial charge in [0.05, 0.1) is 38.0 Å². The molecular weight excluding hydrogens is 520 g/mol. The van der Waals surface area contributed by atoms with E-state index in [4.69, 9.17) is 16.3 Å². The fourth-order valence-electron chi connectivity index (χ4n) is 4.04. The molecular formula is C25H17ClN4O6S. The number of nitro groups is 1. The third-order valence-electron chi connectivity index (χ3n) is 5.69. The molecule has 1 amide bonds. The van der Waals surface area contributed by atoms with Gasteiger partial charge in [-0.25, -0.2) is 4.98 Å². The molecule has 10 nitrogen and oxygen atoms in total. The lowest BCUT2D eigenvalue weighted by Crippen LogP contribution is -2.29. The highest BCUT2D eigenvalue weighted by Crippen LogP contribution is 2.44. The van der Waals surface area contributed by atoms with Crippen LogP contribution in [0.2, 0.25) is 5.02 Å². The van der Waals surface area contributed by atoms with Crippen molar-refractivity contribution in [3.8, 4) is 5.75 Å². The number of nitro benzene ring substituents is 1. The first-order valence-corrected chi connectivity index (χ1v) is 12.2. The number of anilines is 1.